The second-order valence-corrected chi connectivity index (χ2v) is 7.59. The molecule has 0 amide bonds. The van der Waals surface area contributed by atoms with Gasteiger partial charge in [-0.1, -0.05) is 66.4 Å². The van der Waals surface area contributed by atoms with Gasteiger partial charge in [-0.25, -0.2) is 4.98 Å². The first-order chi connectivity index (χ1) is 12.6. The van der Waals surface area contributed by atoms with Crippen LogP contribution in [0.2, 0.25) is 0 Å². The van der Waals surface area contributed by atoms with E-state index in [1.165, 1.54) is 16.3 Å². The molecular weight excluding hydrogens is 340 g/mol. The number of para-hydroxylation sites is 1. The molecule has 0 bridgehead atoms. The molecule has 3 aromatic carbocycles. The van der Waals surface area contributed by atoms with Crippen molar-refractivity contribution in [3.05, 3.63) is 82.6 Å². The Morgan fingerprint density at radius 3 is 2.50 bits per heavy atom. The molecule has 0 aliphatic rings. The maximum Gasteiger partial charge on any atom is 0.262 e. The summed E-state index contributed by atoms with van der Waals surface area (Å²) < 4.78 is 1.80. The van der Waals surface area contributed by atoms with Crippen LogP contribution in [0, 0.1) is 0 Å². The highest BCUT2D eigenvalue weighted by Gasteiger charge is 2.14. The summed E-state index contributed by atoms with van der Waals surface area (Å²) in [5.74, 6) is 0.780. The summed E-state index contributed by atoms with van der Waals surface area (Å²) in [5, 5.41) is 3.93. The normalized spacial score (nSPS) is 11.5. The predicted octanol–water partition coefficient (Wildman–Crippen LogP) is 5.42. The van der Waals surface area contributed by atoms with Gasteiger partial charge in [-0.3, -0.25) is 9.36 Å². The Morgan fingerprint density at radius 2 is 1.69 bits per heavy atom. The summed E-state index contributed by atoms with van der Waals surface area (Å²) in [6.45, 7) is 4.05. The molecule has 0 saturated heterocycles. The molecule has 1 aromatic heterocycles. The van der Waals surface area contributed by atoms with Gasteiger partial charge in [-0.2, -0.15) is 0 Å². The molecule has 0 aliphatic heterocycles. The van der Waals surface area contributed by atoms with E-state index in [9.17, 15) is 4.79 Å². The zero-order chi connectivity index (χ0) is 18.1. The van der Waals surface area contributed by atoms with Crippen LogP contribution in [0.25, 0.3) is 21.7 Å². The van der Waals surface area contributed by atoms with Gasteiger partial charge in [0.1, 0.15) is 0 Å². The molecule has 130 valence electrons. The minimum atomic E-state index is 0.0339. The molecule has 0 aliphatic carbocycles. The fraction of sp³-hybridized carbons (Fsp3) is 0.182. The van der Waals surface area contributed by atoms with Gasteiger partial charge in [-0.15, -0.1) is 0 Å². The molecule has 4 rings (SSSR count). The molecule has 26 heavy (non-hydrogen) atoms. The van der Waals surface area contributed by atoms with Crippen LogP contribution in [-0.2, 0) is 5.75 Å². The van der Waals surface area contributed by atoms with Gasteiger partial charge in [0.2, 0.25) is 0 Å². The number of benzene rings is 3. The SMILES string of the molecule is CC(C)n1c(SCc2ccc3ccccc3c2)nc2ccccc2c1=O. The monoisotopic (exact) mass is 360 g/mol. The number of hydrogen-bond donors (Lipinski definition) is 0. The Hall–Kier alpha value is -2.59. The van der Waals surface area contributed by atoms with Crippen LogP contribution in [-0.4, -0.2) is 9.55 Å². The van der Waals surface area contributed by atoms with Crippen molar-refractivity contribution in [1.82, 2.24) is 9.55 Å². The van der Waals surface area contributed by atoms with Crippen molar-refractivity contribution < 1.29 is 0 Å². The van der Waals surface area contributed by atoms with Crippen molar-refractivity contribution in [1.29, 1.82) is 0 Å². The van der Waals surface area contributed by atoms with Crippen molar-refractivity contribution >= 4 is 33.4 Å². The zero-order valence-corrected chi connectivity index (χ0v) is 15.7. The number of aromatic nitrogens is 2. The van der Waals surface area contributed by atoms with Gasteiger partial charge in [-0.05, 0) is 42.3 Å². The third-order valence-electron chi connectivity index (χ3n) is 4.47. The lowest BCUT2D eigenvalue weighted by Crippen LogP contribution is -2.25. The topological polar surface area (TPSA) is 34.9 Å². The molecule has 1 heterocycles. The van der Waals surface area contributed by atoms with Gasteiger partial charge in [0.15, 0.2) is 5.16 Å². The number of hydrogen-bond acceptors (Lipinski definition) is 3. The van der Waals surface area contributed by atoms with E-state index in [1.807, 2.05) is 38.1 Å². The highest BCUT2D eigenvalue weighted by molar-refractivity contribution is 7.98. The van der Waals surface area contributed by atoms with Gasteiger partial charge >= 0.3 is 0 Å². The van der Waals surface area contributed by atoms with Gasteiger partial charge < -0.3 is 0 Å². The van der Waals surface area contributed by atoms with E-state index in [4.69, 9.17) is 4.98 Å². The molecule has 3 nitrogen and oxygen atoms in total. The summed E-state index contributed by atoms with van der Waals surface area (Å²) in [6.07, 6.45) is 0. The number of thioether (sulfide) groups is 1. The van der Waals surface area contributed by atoms with Crippen LogP contribution < -0.4 is 5.56 Å². The summed E-state index contributed by atoms with van der Waals surface area (Å²) in [4.78, 5) is 17.6. The second-order valence-electron chi connectivity index (χ2n) is 6.65. The number of nitrogens with zero attached hydrogens (tertiary/aromatic N) is 2. The fourth-order valence-electron chi connectivity index (χ4n) is 3.16. The third kappa shape index (κ3) is 3.13. The highest BCUT2D eigenvalue weighted by atomic mass is 32.2. The molecule has 0 unspecified atom stereocenters. The Bertz CT molecular complexity index is 1150. The Kier molecular flexibility index (Phi) is 4.51. The standard InChI is InChI=1S/C22H20N2OS/c1-15(2)24-21(25)19-9-5-6-10-20(19)23-22(24)26-14-16-11-12-17-7-3-4-8-18(17)13-16/h3-13,15H,14H2,1-2H3. The Labute approximate surface area is 156 Å². The van der Waals surface area contributed by atoms with Crippen LogP contribution in [0.4, 0.5) is 0 Å². The molecule has 4 aromatic rings. The summed E-state index contributed by atoms with van der Waals surface area (Å²) >= 11 is 1.62. The van der Waals surface area contributed by atoms with Crippen molar-refractivity contribution in [3.8, 4) is 0 Å². The average molecular weight is 360 g/mol. The van der Waals surface area contributed by atoms with Crippen molar-refractivity contribution in [3.63, 3.8) is 0 Å². The van der Waals surface area contributed by atoms with Gasteiger partial charge in [0.05, 0.1) is 10.9 Å². The number of fused-ring (bicyclic) bond motifs is 2. The molecular formula is C22H20N2OS. The summed E-state index contributed by atoms with van der Waals surface area (Å²) in [6, 6.07) is 22.5. The van der Waals surface area contributed by atoms with Crippen molar-refractivity contribution in [2.75, 3.05) is 0 Å². The lowest BCUT2D eigenvalue weighted by molar-refractivity contribution is 0.519. The first kappa shape index (κ1) is 16.9. The van der Waals surface area contributed by atoms with Crippen LogP contribution >= 0.6 is 11.8 Å². The van der Waals surface area contributed by atoms with E-state index in [0.717, 1.165) is 16.4 Å². The van der Waals surface area contributed by atoms with E-state index >= 15 is 0 Å². The Morgan fingerprint density at radius 1 is 0.962 bits per heavy atom. The first-order valence-electron chi connectivity index (χ1n) is 8.75. The largest absolute Gasteiger partial charge is 0.285 e. The van der Waals surface area contributed by atoms with Gasteiger partial charge in [0, 0.05) is 11.8 Å². The molecule has 0 saturated carbocycles. The fourth-order valence-corrected chi connectivity index (χ4v) is 4.23. The van der Waals surface area contributed by atoms with Crippen LogP contribution in [0.3, 0.4) is 0 Å². The van der Waals surface area contributed by atoms with E-state index < -0.39 is 0 Å². The highest BCUT2D eigenvalue weighted by Crippen LogP contribution is 2.26. The minimum absolute atomic E-state index is 0.0339. The third-order valence-corrected chi connectivity index (χ3v) is 5.50. The maximum absolute atomic E-state index is 12.9. The number of rotatable bonds is 4. The second kappa shape index (κ2) is 6.96. The summed E-state index contributed by atoms with van der Waals surface area (Å²) in [5.41, 5.74) is 2.02. The molecule has 0 fully saturated rings. The minimum Gasteiger partial charge on any atom is -0.285 e. The Balaban J connectivity index is 1.71. The predicted molar refractivity (Wildman–Crippen MR) is 110 cm³/mol. The lowest BCUT2D eigenvalue weighted by atomic mass is 10.1. The van der Waals surface area contributed by atoms with Crippen LogP contribution in [0.5, 0.6) is 0 Å². The molecule has 0 radical (unpaired) electrons. The average Bonchev–Trinajstić information content (AvgIpc) is 2.66. The van der Waals surface area contributed by atoms with E-state index in [0.29, 0.717) is 5.39 Å². The van der Waals surface area contributed by atoms with E-state index in [2.05, 4.69) is 42.5 Å². The first-order valence-corrected chi connectivity index (χ1v) is 9.74. The molecule has 0 spiro atoms. The van der Waals surface area contributed by atoms with Crippen LogP contribution in [0.15, 0.2) is 76.7 Å². The summed E-state index contributed by atoms with van der Waals surface area (Å²) in [7, 11) is 0. The van der Waals surface area contributed by atoms with Gasteiger partial charge in [0.25, 0.3) is 5.56 Å². The molecule has 4 heteroatoms. The van der Waals surface area contributed by atoms with E-state index in [1.54, 1.807) is 16.3 Å². The van der Waals surface area contributed by atoms with Crippen molar-refractivity contribution in [2.45, 2.75) is 30.8 Å². The smallest absolute Gasteiger partial charge is 0.262 e. The lowest BCUT2D eigenvalue weighted by Gasteiger charge is -2.16. The maximum atomic E-state index is 12.9. The quantitative estimate of drug-likeness (QED) is 0.360. The van der Waals surface area contributed by atoms with E-state index in [-0.39, 0.29) is 11.6 Å². The zero-order valence-electron chi connectivity index (χ0n) is 14.8. The van der Waals surface area contributed by atoms with Crippen molar-refractivity contribution in [2.24, 2.45) is 0 Å². The molecule has 0 N–H and O–H groups in total. The van der Waals surface area contributed by atoms with Crippen LogP contribution in [0.1, 0.15) is 25.5 Å². The molecule has 0 atom stereocenters.